The minimum atomic E-state index is -0.0156. The van der Waals surface area contributed by atoms with Gasteiger partial charge in [0.1, 0.15) is 0 Å². The summed E-state index contributed by atoms with van der Waals surface area (Å²) in [6, 6.07) is 5.54. The van der Waals surface area contributed by atoms with Crippen molar-refractivity contribution in [3.63, 3.8) is 0 Å². The molecule has 1 unspecified atom stereocenters. The number of morpholine rings is 1. The van der Waals surface area contributed by atoms with Crippen molar-refractivity contribution in [2.75, 3.05) is 33.3 Å². The van der Waals surface area contributed by atoms with Crippen LogP contribution in [0.5, 0.6) is 0 Å². The lowest BCUT2D eigenvalue weighted by Gasteiger charge is -2.33. The highest BCUT2D eigenvalue weighted by molar-refractivity contribution is 6.34. The summed E-state index contributed by atoms with van der Waals surface area (Å²) in [4.78, 5) is 14.3. The Balaban J connectivity index is 2.12. The van der Waals surface area contributed by atoms with Gasteiger partial charge in [-0.05, 0) is 25.6 Å². The maximum atomic E-state index is 12.5. The molecular formula is C14H19ClN2O2. The SMILES string of the molecule is CNCC1CN(C(=O)c2cccc(C)c2Cl)CCO1. The van der Waals surface area contributed by atoms with Crippen LogP contribution in [0.4, 0.5) is 0 Å². The van der Waals surface area contributed by atoms with Crippen LogP contribution in [-0.2, 0) is 4.74 Å². The number of ether oxygens (including phenoxy) is 1. The molecule has 1 saturated heterocycles. The Morgan fingerprint density at radius 3 is 3.11 bits per heavy atom. The Hall–Kier alpha value is -1.10. The highest BCUT2D eigenvalue weighted by atomic mass is 35.5. The number of hydrogen-bond donors (Lipinski definition) is 1. The van der Waals surface area contributed by atoms with E-state index in [1.165, 1.54) is 0 Å². The number of carbonyl (C=O) groups excluding carboxylic acids is 1. The van der Waals surface area contributed by atoms with Crippen molar-refractivity contribution in [1.82, 2.24) is 10.2 Å². The molecule has 104 valence electrons. The number of halogens is 1. The van der Waals surface area contributed by atoms with Crippen LogP contribution in [0.25, 0.3) is 0 Å². The van der Waals surface area contributed by atoms with Gasteiger partial charge in [-0.2, -0.15) is 0 Å². The van der Waals surface area contributed by atoms with E-state index in [-0.39, 0.29) is 12.0 Å². The fraction of sp³-hybridized carbons (Fsp3) is 0.500. The van der Waals surface area contributed by atoms with Crippen molar-refractivity contribution in [1.29, 1.82) is 0 Å². The number of nitrogens with one attached hydrogen (secondary N) is 1. The molecule has 1 fully saturated rings. The van der Waals surface area contributed by atoms with Gasteiger partial charge in [0.15, 0.2) is 0 Å². The molecule has 4 nitrogen and oxygen atoms in total. The number of rotatable bonds is 3. The van der Waals surface area contributed by atoms with Crippen molar-refractivity contribution in [2.45, 2.75) is 13.0 Å². The van der Waals surface area contributed by atoms with Crippen LogP contribution in [-0.4, -0.2) is 50.2 Å². The average Bonchev–Trinajstić information content (AvgIpc) is 2.42. The first-order valence-electron chi connectivity index (χ1n) is 6.44. The van der Waals surface area contributed by atoms with Crippen molar-refractivity contribution in [3.05, 3.63) is 34.3 Å². The van der Waals surface area contributed by atoms with Crippen molar-refractivity contribution in [3.8, 4) is 0 Å². The Kier molecular flexibility index (Phi) is 4.80. The van der Waals surface area contributed by atoms with E-state index >= 15 is 0 Å². The van der Waals surface area contributed by atoms with Crippen LogP contribution < -0.4 is 5.32 Å². The highest BCUT2D eigenvalue weighted by Crippen LogP contribution is 2.22. The van der Waals surface area contributed by atoms with E-state index in [1.807, 2.05) is 31.0 Å². The van der Waals surface area contributed by atoms with Gasteiger partial charge in [0.25, 0.3) is 5.91 Å². The molecule has 1 atom stereocenters. The van der Waals surface area contributed by atoms with Gasteiger partial charge < -0.3 is 15.0 Å². The molecule has 1 amide bonds. The molecule has 1 N–H and O–H groups in total. The maximum Gasteiger partial charge on any atom is 0.255 e. The summed E-state index contributed by atoms with van der Waals surface area (Å²) in [5.74, 6) is -0.0156. The number of nitrogens with zero attached hydrogens (tertiary/aromatic N) is 1. The van der Waals surface area contributed by atoms with Gasteiger partial charge in [0, 0.05) is 19.6 Å². The van der Waals surface area contributed by atoms with Gasteiger partial charge in [0.2, 0.25) is 0 Å². The third-order valence-electron chi connectivity index (χ3n) is 3.28. The summed E-state index contributed by atoms with van der Waals surface area (Å²) in [5.41, 5.74) is 1.50. The van der Waals surface area contributed by atoms with E-state index in [2.05, 4.69) is 5.32 Å². The topological polar surface area (TPSA) is 41.6 Å². The molecule has 5 heteroatoms. The van der Waals surface area contributed by atoms with Crippen LogP contribution in [0, 0.1) is 6.92 Å². The number of aryl methyl sites for hydroxylation is 1. The van der Waals surface area contributed by atoms with Crippen molar-refractivity contribution in [2.24, 2.45) is 0 Å². The fourth-order valence-corrected chi connectivity index (χ4v) is 2.44. The van der Waals surface area contributed by atoms with Crippen LogP contribution in [0.2, 0.25) is 5.02 Å². The second kappa shape index (κ2) is 6.37. The first kappa shape index (κ1) is 14.3. The molecule has 19 heavy (non-hydrogen) atoms. The van der Waals surface area contributed by atoms with Crippen molar-refractivity contribution >= 4 is 17.5 Å². The average molecular weight is 283 g/mol. The molecule has 1 heterocycles. The minimum Gasteiger partial charge on any atom is -0.373 e. The molecule has 1 aromatic rings. The summed E-state index contributed by atoms with van der Waals surface area (Å²) in [6.45, 7) is 4.43. The monoisotopic (exact) mass is 282 g/mol. The number of carbonyl (C=O) groups is 1. The molecule has 1 aliphatic heterocycles. The molecule has 0 spiro atoms. The third-order valence-corrected chi connectivity index (χ3v) is 3.78. The molecule has 0 bridgehead atoms. The molecule has 0 radical (unpaired) electrons. The summed E-state index contributed by atoms with van der Waals surface area (Å²) in [6.07, 6.45) is 0.0475. The Bertz CT molecular complexity index is 463. The Morgan fingerprint density at radius 2 is 2.37 bits per heavy atom. The van der Waals surface area contributed by atoms with Crippen molar-refractivity contribution < 1.29 is 9.53 Å². The second-order valence-corrected chi connectivity index (χ2v) is 5.12. The quantitative estimate of drug-likeness (QED) is 0.918. The largest absolute Gasteiger partial charge is 0.373 e. The second-order valence-electron chi connectivity index (χ2n) is 4.74. The fourth-order valence-electron chi connectivity index (χ4n) is 2.24. The van der Waals surface area contributed by atoms with Crippen LogP contribution >= 0.6 is 11.6 Å². The zero-order valence-corrected chi connectivity index (χ0v) is 12.0. The van der Waals surface area contributed by atoms with E-state index in [1.54, 1.807) is 6.07 Å². The zero-order chi connectivity index (χ0) is 13.8. The van der Waals surface area contributed by atoms with Gasteiger partial charge in [-0.1, -0.05) is 23.7 Å². The van der Waals surface area contributed by atoms with E-state index in [9.17, 15) is 4.79 Å². The maximum absolute atomic E-state index is 12.5. The first-order chi connectivity index (χ1) is 9.13. The summed E-state index contributed by atoms with van der Waals surface area (Å²) < 4.78 is 5.60. The summed E-state index contributed by atoms with van der Waals surface area (Å²) >= 11 is 6.21. The zero-order valence-electron chi connectivity index (χ0n) is 11.3. The minimum absolute atomic E-state index is 0.0156. The molecule has 2 rings (SSSR count). The standard InChI is InChI=1S/C14H19ClN2O2/c1-10-4-3-5-12(13(10)15)14(18)17-6-7-19-11(9-17)8-16-2/h3-5,11,16H,6-9H2,1-2H3. The molecule has 1 aromatic carbocycles. The molecule has 1 aliphatic rings. The van der Waals surface area contributed by atoms with Gasteiger partial charge in [-0.15, -0.1) is 0 Å². The van der Waals surface area contributed by atoms with Crippen LogP contribution in [0.1, 0.15) is 15.9 Å². The van der Waals surface area contributed by atoms with Gasteiger partial charge in [0.05, 0.1) is 23.3 Å². The Morgan fingerprint density at radius 1 is 1.58 bits per heavy atom. The number of amides is 1. The van der Waals surface area contributed by atoms with Gasteiger partial charge in [-0.25, -0.2) is 0 Å². The highest BCUT2D eigenvalue weighted by Gasteiger charge is 2.25. The Labute approximate surface area is 118 Å². The van der Waals surface area contributed by atoms with E-state index in [4.69, 9.17) is 16.3 Å². The molecule has 0 saturated carbocycles. The van der Waals surface area contributed by atoms with Crippen LogP contribution in [0.3, 0.4) is 0 Å². The van der Waals surface area contributed by atoms with Crippen LogP contribution in [0.15, 0.2) is 18.2 Å². The molecule has 0 aromatic heterocycles. The lowest BCUT2D eigenvalue weighted by atomic mass is 10.1. The molecular weight excluding hydrogens is 264 g/mol. The smallest absolute Gasteiger partial charge is 0.255 e. The lowest BCUT2D eigenvalue weighted by Crippen LogP contribution is -2.48. The van der Waals surface area contributed by atoms with Gasteiger partial charge >= 0.3 is 0 Å². The number of likely N-dealkylation sites (N-methyl/N-ethyl adjacent to an activating group) is 1. The first-order valence-corrected chi connectivity index (χ1v) is 6.82. The summed E-state index contributed by atoms with van der Waals surface area (Å²) in [7, 11) is 1.88. The number of hydrogen-bond acceptors (Lipinski definition) is 3. The third kappa shape index (κ3) is 3.26. The normalized spacial score (nSPS) is 19.5. The number of benzene rings is 1. The van der Waals surface area contributed by atoms with E-state index in [0.29, 0.717) is 30.3 Å². The predicted octanol–water partition coefficient (Wildman–Crippen LogP) is 1.71. The van der Waals surface area contributed by atoms with Gasteiger partial charge in [-0.3, -0.25) is 4.79 Å². The van der Waals surface area contributed by atoms with E-state index in [0.717, 1.165) is 12.1 Å². The summed E-state index contributed by atoms with van der Waals surface area (Å²) in [5, 5.41) is 3.61. The lowest BCUT2D eigenvalue weighted by molar-refractivity contribution is -0.0196. The van der Waals surface area contributed by atoms with E-state index < -0.39 is 0 Å². The molecule has 0 aliphatic carbocycles. The predicted molar refractivity (Wildman–Crippen MR) is 75.8 cm³/mol.